The molecule has 2 saturated carbocycles. The highest BCUT2D eigenvalue weighted by molar-refractivity contribution is 6.31. The minimum absolute atomic E-state index is 0.0501. The lowest BCUT2D eigenvalue weighted by Crippen LogP contribution is -2.52. The Morgan fingerprint density at radius 1 is 1.16 bits per heavy atom. The summed E-state index contributed by atoms with van der Waals surface area (Å²) >= 11 is 6.70. The highest BCUT2D eigenvalue weighted by Crippen LogP contribution is 2.67. The zero-order valence-corrected chi connectivity index (χ0v) is 15.8. The molecule has 4 heteroatoms. The minimum Gasteiger partial charge on any atom is -0.378 e. The van der Waals surface area contributed by atoms with E-state index in [1.54, 1.807) is 0 Å². The Balaban J connectivity index is 1.59. The van der Waals surface area contributed by atoms with Crippen LogP contribution in [0.15, 0.2) is 29.3 Å². The van der Waals surface area contributed by atoms with Gasteiger partial charge in [0.15, 0.2) is 0 Å². The van der Waals surface area contributed by atoms with Crippen LogP contribution in [0.2, 0.25) is 5.02 Å². The van der Waals surface area contributed by atoms with Crippen LogP contribution in [0.5, 0.6) is 0 Å². The maximum Gasteiger partial charge on any atom is 0.0998 e. The quantitative estimate of drug-likeness (QED) is 0.748. The van der Waals surface area contributed by atoms with Gasteiger partial charge in [-0.3, -0.25) is 4.99 Å². The van der Waals surface area contributed by atoms with Crippen molar-refractivity contribution in [2.45, 2.75) is 50.0 Å². The van der Waals surface area contributed by atoms with Crippen molar-refractivity contribution in [1.29, 1.82) is 0 Å². The molecule has 0 aromatic heterocycles. The molecule has 1 saturated heterocycles. The number of morpholine rings is 1. The van der Waals surface area contributed by atoms with E-state index < -0.39 is 0 Å². The van der Waals surface area contributed by atoms with Crippen LogP contribution in [-0.4, -0.2) is 42.6 Å². The third kappa shape index (κ3) is 2.12. The first-order chi connectivity index (χ1) is 12.1. The van der Waals surface area contributed by atoms with Crippen molar-refractivity contribution in [3.05, 3.63) is 34.9 Å². The topological polar surface area (TPSA) is 24.8 Å². The van der Waals surface area contributed by atoms with Crippen LogP contribution in [0.1, 0.15) is 44.6 Å². The number of ether oxygens (including phenoxy) is 1. The third-order valence-electron chi connectivity index (χ3n) is 7.69. The Bertz CT molecular complexity index is 714. The molecule has 5 rings (SSSR count). The Morgan fingerprint density at radius 3 is 2.72 bits per heavy atom. The Morgan fingerprint density at radius 2 is 1.92 bits per heavy atom. The number of benzene rings is 1. The van der Waals surface area contributed by atoms with E-state index in [1.165, 1.54) is 37.1 Å². The molecular formula is C21H27ClN2O. The molecule has 1 spiro atoms. The number of nitrogens with zero attached hydrogens (tertiary/aromatic N) is 2. The molecule has 3 fully saturated rings. The van der Waals surface area contributed by atoms with E-state index in [2.05, 4.69) is 30.0 Å². The van der Waals surface area contributed by atoms with Gasteiger partial charge in [-0.05, 0) is 49.1 Å². The highest BCUT2D eigenvalue weighted by Gasteiger charge is 2.67. The normalized spacial score (nSPS) is 40.1. The zero-order valence-electron chi connectivity index (χ0n) is 15.0. The molecule has 0 N–H and O–H groups in total. The molecule has 4 atom stereocenters. The van der Waals surface area contributed by atoms with Gasteiger partial charge in [0.25, 0.3) is 0 Å². The van der Waals surface area contributed by atoms with Gasteiger partial charge in [-0.15, -0.1) is 0 Å². The molecule has 2 aliphatic heterocycles. The van der Waals surface area contributed by atoms with Crippen LogP contribution in [0.4, 0.5) is 0 Å². The monoisotopic (exact) mass is 358 g/mol. The second kappa shape index (κ2) is 5.72. The summed E-state index contributed by atoms with van der Waals surface area (Å²) in [7, 11) is 0. The largest absolute Gasteiger partial charge is 0.378 e. The first kappa shape index (κ1) is 16.1. The molecule has 25 heavy (non-hydrogen) atoms. The van der Waals surface area contributed by atoms with Crippen molar-refractivity contribution >= 4 is 17.4 Å². The molecule has 4 unspecified atom stereocenters. The summed E-state index contributed by atoms with van der Waals surface area (Å²) in [5.41, 5.74) is 1.45. The Hall–Kier alpha value is -1.06. The second-order valence-corrected chi connectivity index (χ2v) is 8.85. The summed E-state index contributed by atoms with van der Waals surface area (Å²) in [5.74, 6) is 2.76. The number of aliphatic imine (C=N–C) groups is 1. The van der Waals surface area contributed by atoms with Crippen molar-refractivity contribution < 1.29 is 4.74 Å². The number of fused-ring (bicyclic) bond motifs is 3. The van der Waals surface area contributed by atoms with Crippen molar-refractivity contribution in [1.82, 2.24) is 4.90 Å². The molecule has 134 valence electrons. The average molecular weight is 359 g/mol. The van der Waals surface area contributed by atoms with Gasteiger partial charge in [-0.25, -0.2) is 0 Å². The molecular weight excluding hydrogens is 332 g/mol. The van der Waals surface area contributed by atoms with Crippen LogP contribution in [0.3, 0.4) is 0 Å². The fourth-order valence-corrected chi connectivity index (χ4v) is 6.75. The Kier molecular flexibility index (Phi) is 3.69. The van der Waals surface area contributed by atoms with Crippen molar-refractivity contribution in [2.24, 2.45) is 16.8 Å². The molecule has 4 aliphatic rings. The lowest BCUT2D eigenvalue weighted by molar-refractivity contribution is 0.0673. The summed E-state index contributed by atoms with van der Waals surface area (Å²) < 4.78 is 5.54. The molecule has 1 aromatic carbocycles. The smallest absolute Gasteiger partial charge is 0.0998 e. The highest BCUT2D eigenvalue weighted by atomic mass is 35.5. The first-order valence-corrected chi connectivity index (χ1v) is 10.2. The molecule has 2 aliphatic carbocycles. The van der Waals surface area contributed by atoms with Crippen LogP contribution in [0.25, 0.3) is 0 Å². The van der Waals surface area contributed by atoms with Gasteiger partial charge >= 0.3 is 0 Å². The molecule has 3 nitrogen and oxygen atoms in total. The van der Waals surface area contributed by atoms with Crippen LogP contribution < -0.4 is 0 Å². The number of hydrogen-bond acceptors (Lipinski definition) is 3. The van der Waals surface area contributed by atoms with E-state index in [0.29, 0.717) is 5.92 Å². The fourth-order valence-electron chi connectivity index (χ4n) is 6.42. The minimum atomic E-state index is 0.0501. The summed E-state index contributed by atoms with van der Waals surface area (Å²) in [6.07, 6.45) is 6.29. The Labute approximate surface area is 155 Å². The first-order valence-electron chi connectivity index (χ1n) is 9.81. The van der Waals surface area contributed by atoms with Gasteiger partial charge in [0.2, 0.25) is 0 Å². The summed E-state index contributed by atoms with van der Waals surface area (Å²) in [6.45, 7) is 6.11. The molecule has 2 heterocycles. The van der Waals surface area contributed by atoms with Crippen LogP contribution >= 0.6 is 11.6 Å². The SMILES string of the molecule is CC1(c2ccccc2Cl)C2CCC(C2)C12CCC(N1CCOCC1)=N2. The molecule has 2 bridgehead atoms. The maximum absolute atomic E-state index is 6.70. The fraction of sp³-hybridized carbons (Fsp3) is 0.667. The van der Waals surface area contributed by atoms with E-state index in [9.17, 15) is 0 Å². The third-order valence-corrected chi connectivity index (χ3v) is 8.02. The number of amidine groups is 1. The second-order valence-electron chi connectivity index (χ2n) is 8.44. The lowest BCUT2D eigenvalue weighted by Gasteiger charge is -2.48. The van der Waals surface area contributed by atoms with Crippen molar-refractivity contribution in [3.63, 3.8) is 0 Å². The van der Waals surface area contributed by atoms with Gasteiger partial charge in [0, 0.05) is 29.9 Å². The molecule has 0 amide bonds. The van der Waals surface area contributed by atoms with Gasteiger partial charge in [-0.2, -0.15) is 0 Å². The maximum atomic E-state index is 6.70. The lowest BCUT2D eigenvalue weighted by atomic mass is 9.58. The van der Waals surface area contributed by atoms with Gasteiger partial charge in [-0.1, -0.05) is 36.7 Å². The predicted octanol–water partition coefficient (Wildman–Crippen LogP) is 4.29. The van der Waals surface area contributed by atoms with Crippen LogP contribution in [-0.2, 0) is 10.2 Å². The van der Waals surface area contributed by atoms with E-state index >= 15 is 0 Å². The van der Waals surface area contributed by atoms with E-state index in [-0.39, 0.29) is 11.0 Å². The van der Waals surface area contributed by atoms with Gasteiger partial charge < -0.3 is 9.64 Å². The van der Waals surface area contributed by atoms with Gasteiger partial charge in [0.05, 0.1) is 24.6 Å². The number of halogens is 1. The summed E-state index contributed by atoms with van der Waals surface area (Å²) in [6, 6.07) is 8.51. The molecule has 1 aromatic rings. The average Bonchev–Trinajstić information content (AvgIpc) is 3.34. The zero-order chi connectivity index (χ0) is 17.1. The summed E-state index contributed by atoms with van der Waals surface area (Å²) in [4.78, 5) is 7.99. The predicted molar refractivity (Wildman–Crippen MR) is 101 cm³/mol. The standard InChI is InChI=1S/C21H27ClN2O/c1-20(17-4-2-3-5-18(17)22)15-6-7-16(14-15)21(20)9-8-19(23-21)24-10-12-25-13-11-24/h2-5,15-16H,6-14H2,1H3. The number of hydrogen-bond donors (Lipinski definition) is 0. The summed E-state index contributed by atoms with van der Waals surface area (Å²) in [5, 5.41) is 0.923. The van der Waals surface area contributed by atoms with Crippen molar-refractivity contribution in [3.8, 4) is 0 Å². The number of rotatable bonds is 1. The van der Waals surface area contributed by atoms with E-state index in [0.717, 1.165) is 43.7 Å². The van der Waals surface area contributed by atoms with Gasteiger partial charge in [0.1, 0.15) is 0 Å². The van der Waals surface area contributed by atoms with E-state index in [1.807, 2.05) is 6.07 Å². The van der Waals surface area contributed by atoms with Crippen molar-refractivity contribution in [2.75, 3.05) is 26.3 Å². The molecule has 0 radical (unpaired) electrons. The van der Waals surface area contributed by atoms with Crippen LogP contribution in [0, 0.1) is 11.8 Å². The van der Waals surface area contributed by atoms with E-state index in [4.69, 9.17) is 21.3 Å².